The van der Waals surface area contributed by atoms with Crippen LogP contribution in [0.4, 0.5) is 18.9 Å². The fraction of sp³-hybridized carbons (Fsp3) is 0.167. The van der Waals surface area contributed by atoms with Gasteiger partial charge in [0.15, 0.2) is 11.5 Å². The van der Waals surface area contributed by atoms with Crippen molar-refractivity contribution in [3.05, 3.63) is 80.1 Å². The van der Waals surface area contributed by atoms with Gasteiger partial charge < -0.3 is 10.6 Å². The first-order valence-electron chi connectivity index (χ1n) is 10.8. The number of alkyl halides is 3. The maximum absolute atomic E-state index is 13.5. The van der Waals surface area contributed by atoms with Crippen molar-refractivity contribution in [1.82, 2.24) is 20.1 Å². The quantitative estimate of drug-likeness (QED) is 0.214. The van der Waals surface area contributed by atoms with E-state index in [2.05, 4.69) is 36.6 Å². The van der Waals surface area contributed by atoms with E-state index in [-0.39, 0.29) is 27.1 Å². The van der Waals surface area contributed by atoms with Gasteiger partial charge in [-0.05, 0) is 42.0 Å². The summed E-state index contributed by atoms with van der Waals surface area (Å²) in [6.07, 6.45) is -1.67. The van der Waals surface area contributed by atoms with Crippen LogP contribution in [0, 0.1) is 0 Å². The van der Waals surface area contributed by atoms with Crippen molar-refractivity contribution in [2.24, 2.45) is 0 Å². The van der Waals surface area contributed by atoms with Gasteiger partial charge in [0.1, 0.15) is 5.69 Å². The molecule has 0 saturated heterocycles. The number of rotatable bonds is 7. The lowest BCUT2D eigenvalue weighted by atomic mass is 10.0. The molecule has 0 fully saturated rings. The standard InChI is InChI=1S/C24H17BrCl2F3N5O2S/c1-38-8-7-32-22(36)15-10-12-9-13(25)4-5-14(12)19(27)20(15)33-23(37)17-11-18(24(28,29)30)34-35(17)21-16(26)3-2-6-31-21/h2-6,9-11H,7-8H2,1H3,(H,32,36)(H,33,37). The number of nitrogens with zero attached hydrogens (tertiary/aromatic N) is 3. The maximum atomic E-state index is 13.5. The summed E-state index contributed by atoms with van der Waals surface area (Å²) in [7, 11) is 0. The van der Waals surface area contributed by atoms with Crippen LogP contribution in [0.15, 0.2) is 53.1 Å². The number of benzene rings is 2. The van der Waals surface area contributed by atoms with Crippen LogP contribution in [0.1, 0.15) is 26.5 Å². The van der Waals surface area contributed by atoms with E-state index in [0.29, 0.717) is 33.8 Å². The van der Waals surface area contributed by atoms with E-state index in [1.54, 1.807) is 24.3 Å². The molecule has 4 aromatic rings. The normalized spacial score (nSPS) is 11.6. The first-order chi connectivity index (χ1) is 18.0. The Morgan fingerprint density at radius 3 is 2.58 bits per heavy atom. The molecule has 0 aliphatic rings. The second kappa shape index (κ2) is 11.5. The Kier molecular flexibility index (Phi) is 8.55. The maximum Gasteiger partial charge on any atom is 0.435 e. The zero-order valence-corrected chi connectivity index (χ0v) is 23.3. The predicted octanol–water partition coefficient (Wildman–Crippen LogP) is 6.85. The summed E-state index contributed by atoms with van der Waals surface area (Å²) >= 11 is 17.7. The van der Waals surface area contributed by atoms with Gasteiger partial charge in [-0.2, -0.15) is 30.0 Å². The first-order valence-corrected chi connectivity index (χ1v) is 13.7. The summed E-state index contributed by atoms with van der Waals surface area (Å²) in [6.45, 7) is 0.349. The number of fused-ring (bicyclic) bond motifs is 1. The predicted molar refractivity (Wildman–Crippen MR) is 147 cm³/mol. The van der Waals surface area contributed by atoms with Crippen molar-refractivity contribution in [2.45, 2.75) is 6.18 Å². The smallest absolute Gasteiger partial charge is 0.351 e. The molecule has 2 N–H and O–H groups in total. The Hall–Kier alpha value is -2.80. The topological polar surface area (TPSA) is 88.9 Å². The molecule has 4 rings (SSSR count). The summed E-state index contributed by atoms with van der Waals surface area (Å²) in [5, 5.41) is 9.94. The summed E-state index contributed by atoms with van der Waals surface area (Å²) in [5.74, 6) is -1.06. The molecule has 0 aliphatic heterocycles. The monoisotopic (exact) mass is 645 g/mol. The Bertz CT molecular complexity index is 1550. The number of amides is 2. The Morgan fingerprint density at radius 1 is 1.13 bits per heavy atom. The molecule has 2 aromatic carbocycles. The van der Waals surface area contributed by atoms with Gasteiger partial charge in [-0.15, -0.1) is 0 Å². The third-order valence-electron chi connectivity index (χ3n) is 5.29. The largest absolute Gasteiger partial charge is 0.435 e. The van der Waals surface area contributed by atoms with E-state index in [1.807, 2.05) is 6.26 Å². The number of thioether (sulfide) groups is 1. The molecular formula is C24H17BrCl2F3N5O2S. The lowest BCUT2D eigenvalue weighted by molar-refractivity contribution is -0.141. The summed E-state index contributed by atoms with van der Waals surface area (Å²) in [6, 6.07) is 10.2. The van der Waals surface area contributed by atoms with Crippen molar-refractivity contribution in [3.8, 4) is 5.82 Å². The van der Waals surface area contributed by atoms with Crippen LogP contribution in [0.3, 0.4) is 0 Å². The third-order valence-corrected chi connectivity index (χ3v) is 7.08. The highest BCUT2D eigenvalue weighted by atomic mass is 79.9. The van der Waals surface area contributed by atoms with E-state index in [4.69, 9.17) is 23.2 Å². The summed E-state index contributed by atoms with van der Waals surface area (Å²) < 4.78 is 42.0. The Morgan fingerprint density at radius 2 is 1.89 bits per heavy atom. The molecule has 38 heavy (non-hydrogen) atoms. The van der Waals surface area contributed by atoms with E-state index in [1.165, 1.54) is 30.1 Å². The number of hydrogen-bond donors (Lipinski definition) is 2. The molecule has 0 bridgehead atoms. The number of carbonyl (C=O) groups is 2. The average molecular weight is 647 g/mol. The molecule has 2 aromatic heterocycles. The number of anilines is 1. The molecule has 7 nitrogen and oxygen atoms in total. The van der Waals surface area contributed by atoms with E-state index in [0.717, 1.165) is 4.47 Å². The molecule has 0 saturated carbocycles. The average Bonchev–Trinajstić information content (AvgIpc) is 3.32. The van der Waals surface area contributed by atoms with Crippen molar-refractivity contribution in [1.29, 1.82) is 0 Å². The van der Waals surface area contributed by atoms with Crippen molar-refractivity contribution < 1.29 is 22.8 Å². The number of carbonyl (C=O) groups excluding carboxylic acids is 2. The van der Waals surface area contributed by atoms with Crippen molar-refractivity contribution in [3.63, 3.8) is 0 Å². The van der Waals surface area contributed by atoms with Gasteiger partial charge in [0.05, 0.1) is 21.3 Å². The minimum atomic E-state index is -4.85. The lowest BCUT2D eigenvalue weighted by Gasteiger charge is -2.16. The fourth-order valence-corrected chi connectivity index (χ4v) is 4.76. The van der Waals surface area contributed by atoms with E-state index in [9.17, 15) is 22.8 Å². The zero-order valence-electron chi connectivity index (χ0n) is 19.4. The highest BCUT2D eigenvalue weighted by Crippen LogP contribution is 2.37. The van der Waals surface area contributed by atoms with Crippen LogP contribution >= 0.6 is 50.9 Å². The highest BCUT2D eigenvalue weighted by molar-refractivity contribution is 9.10. The molecule has 0 atom stereocenters. The minimum absolute atomic E-state index is 0.0263. The molecular weight excluding hydrogens is 630 g/mol. The van der Waals surface area contributed by atoms with Crippen molar-refractivity contribution >= 4 is 79.2 Å². The number of pyridine rings is 1. The van der Waals surface area contributed by atoms with Crippen LogP contribution in [0.5, 0.6) is 0 Å². The van der Waals surface area contributed by atoms with E-state index < -0.39 is 29.4 Å². The van der Waals surface area contributed by atoms with Crippen molar-refractivity contribution in [2.75, 3.05) is 23.9 Å². The van der Waals surface area contributed by atoms with Gasteiger partial charge in [-0.25, -0.2) is 9.67 Å². The van der Waals surface area contributed by atoms with Crippen LogP contribution in [-0.4, -0.2) is 45.1 Å². The van der Waals surface area contributed by atoms with Gasteiger partial charge in [0, 0.05) is 34.4 Å². The third kappa shape index (κ3) is 5.93. The molecule has 0 radical (unpaired) electrons. The summed E-state index contributed by atoms with van der Waals surface area (Å²) in [5.41, 5.74) is -1.87. The Labute approximate surface area is 237 Å². The van der Waals surface area contributed by atoms with Crippen LogP contribution in [-0.2, 0) is 6.18 Å². The molecule has 0 unspecified atom stereocenters. The van der Waals surface area contributed by atoms with Gasteiger partial charge in [-0.1, -0.05) is 45.2 Å². The van der Waals surface area contributed by atoms with Gasteiger partial charge >= 0.3 is 6.18 Å². The summed E-state index contributed by atoms with van der Waals surface area (Å²) in [4.78, 5) is 30.5. The number of nitrogens with one attached hydrogen (secondary N) is 2. The number of aromatic nitrogens is 3. The SMILES string of the molecule is CSCCNC(=O)c1cc2cc(Br)ccc2c(Cl)c1NC(=O)c1cc(C(F)(F)F)nn1-c1ncccc1Cl. The van der Waals surface area contributed by atoms with E-state index >= 15 is 0 Å². The van der Waals surface area contributed by atoms with Gasteiger partial charge in [-0.3, -0.25) is 9.59 Å². The Balaban J connectivity index is 1.83. The molecule has 198 valence electrons. The molecule has 2 heterocycles. The molecule has 0 aliphatic carbocycles. The second-order valence-electron chi connectivity index (χ2n) is 7.81. The second-order valence-corrected chi connectivity index (χ2v) is 10.5. The molecule has 14 heteroatoms. The molecule has 2 amide bonds. The fourth-order valence-electron chi connectivity index (χ4n) is 3.55. The minimum Gasteiger partial charge on any atom is -0.351 e. The molecule has 0 spiro atoms. The van der Waals surface area contributed by atoms with Gasteiger partial charge in [0.2, 0.25) is 0 Å². The van der Waals surface area contributed by atoms with Crippen LogP contribution in [0.25, 0.3) is 16.6 Å². The number of halogens is 6. The van der Waals surface area contributed by atoms with Crippen LogP contribution in [0.2, 0.25) is 10.0 Å². The first kappa shape index (κ1) is 28.2. The van der Waals surface area contributed by atoms with Gasteiger partial charge in [0.25, 0.3) is 11.8 Å². The highest BCUT2D eigenvalue weighted by Gasteiger charge is 2.37. The number of hydrogen-bond acceptors (Lipinski definition) is 5. The van der Waals surface area contributed by atoms with Crippen LogP contribution < -0.4 is 10.6 Å². The lowest BCUT2D eigenvalue weighted by Crippen LogP contribution is -2.27. The zero-order chi connectivity index (χ0) is 27.6.